The first-order valence-electron chi connectivity index (χ1n) is 8.01. The first-order chi connectivity index (χ1) is 11.3. The molecule has 1 aliphatic heterocycles. The molecule has 118 valence electrons. The van der Waals surface area contributed by atoms with Gasteiger partial charge in [-0.15, -0.1) is 0 Å². The summed E-state index contributed by atoms with van der Waals surface area (Å²) in [7, 11) is 1.72. The van der Waals surface area contributed by atoms with Crippen LogP contribution in [0.25, 0.3) is 0 Å². The van der Waals surface area contributed by atoms with E-state index in [2.05, 4.69) is 29.2 Å². The molecule has 0 atom stereocenters. The highest BCUT2D eigenvalue weighted by molar-refractivity contribution is 5.58. The number of para-hydroxylation sites is 2. The summed E-state index contributed by atoms with van der Waals surface area (Å²) in [4.78, 5) is 3.91. The molecule has 4 nitrogen and oxygen atoms in total. The Kier molecular flexibility index (Phi) is 4.80. The second kappa shape index (κ2) is 7.17. The predicted molar refractivity (Wildman–Crippen MR) is 90.8 cm³/mol. The summed E-state index contributed by atoms with van der Waals surface area (Å²) in [5.74, 6) is 0.936. The van der Waals surface area contributed by atoms with Crippen LogP contribution < -0.4 is 14.5 Å². The van der Waals surface area contributed by atoms with Crippen LogP contribution in [-0.4, -0.2) is 33.3 Å². The Morgan fingerprint density at radius 1 is 1.09 bits per heavy atom. The molecule has 0 saturated carbocycles. The molecular weight excluding hydrogens is 286 g/mol. The van der Waals surface area contributed by atoms with Crippen LogP contribution in [-0.2, 0) is 6.54 Å². The minimum Gasteiger partial charge on any atom is -0.495 e. The average Bonchev–Trinajstić information content (AvgIpc) is 2.63. The second-order valence-electron chi connectivity index (χ2n) is 5.85. The molecule has 2 aromatic carbocycles. The molecule has 0 radical (unpaired) electrons. The minimum absolute atomic E-state index is 0.798. The fourth-order valence-corrected chi connectivity index (χ4v) is 3.18. The van der Waals surface area contributed by atoms with E-state index in [0.29, 0.717) is 0 Å². The van der Waals surface area contributed by atoms with Crippen LogP contribution in [0.4, 0.5) is 5.69 Å². The van der Waals surface area contributed by atoms with Crippen LogP contribution in [0.2, 0.25) is 0 Å². The summed E-state index contributed by atoms with van der Waals surface area (Å²) < 4.78 is 5.47. The Balaban J connectivity index is 1.64. The first-order valence-corrected chi connectivity index (χ1v) is 8.01. The van der Waals surface area contributed by atoms with E-state index in [1.807, 2.05) is 30.3 Å². The number of hydrogen-bond acceptors (Lipinski definition) is 3. The van der Waals surface area contributed by atoms with Gasteiger partial charge in [0.15, 0.2) is 0 Å². The molecule has 0 aromatic heterocycles. The standard InChI is InChI=1S/C19H21N3O/c1-23-19-9-5-4-8-18(19)22-12-10-21(11-13-22)15-17-7-3-2-6-16(17)14-20/h2-9H,10-13,15H2,1H3/p+1. The maximum Gasteiger partial charge on any atom is 0.142 e. The number of hydrogen-bond donors (Lipinski definition) is 1. The average molecular weight is 308 g/mol. The lowest BCUT2D eigenvalue weighted by Crippen LogP contribution is -3.13. The molecule has 1 fully saturated rings. The molecule has 1 aliphatic rings. The first kappa shape index (κ1) is 15.4. The molecule has 0 spiro atoms. The number of nitriles is 1. The maximum atomic E-state index is 9.21. The Hall–Kier alpha value is -2.51. The fourth-order valence-electron chi connectivity index (χ4n) is 3.18. The van der Waals surface area contributed by atoms with Crippen molar-refractivity contribution in [3.63, 3.8) is 0 Å². The van der Waals surface area contributed by atoms with Crippen molar-refractivity contribution in [2.45, 2.75) is 6.54 Å². The van der Waals surface area contributed by atoms with Crippen molar-refractivity contribution in [1.29, 1.82) is 5.26 Å². The van der Waals surface area contributed by atoms with Gasteiger partial charge in [0.2, 0.25) is 0 Å². The molecule has 3 rings (SSSR count). The van der Waals surface area contributed by atoms with Gasteiger partial charge in [0.05, 0.1) is 50.6 Å². The largest absolute Gasteiger partial charge is 0.495 e. The Bertz CT molecular complexity index is 700. The van der Waals surface area contributed by atoms with Crippen molar-refractivity contribution in [2.75, 3.05) is 38.2 Å². The van der Waals surface area contributed by atoms with Crippen molar-refractivity contribution >= 4 is 5.69 Å². The van der Waals surface area contributed by atoms with Crippen molar-refractivity contribution in [3.05, 3.63) is 59.7 Å². The maximum absolute atomic E-state index is 9.21. The molecule has 0 unspecified atom stereocenters. The summed E-state index contributed by atoms with van der Waals surface area (Å²) in [6, 6.07) is 18.4. The molecule has 0 amide bonds. The highest BCUT2D eigenvalue weighted by Gasteiger charge is 2.22. The molecule has 4 heteroatoms. The van der Waals surface area contributed by atoms with Gasteiger partial charge in [-0.25, -0.2) is 0 Å². The Morgan fingerprint density at radius 2 is 1.78 bits per heavy atom. The molecule has 0 aliphatic carbocycles. The van der Waals surface area contributed by atoms with E-state index >= 15 is 0 Å². The zero-order valence-electron chi connectivity index (χ0n) is 13.5. The van der Waals surface area contributed by atoms with Gasteiger partial charge in [0, 0.05) is 5.56 Å². The van der Waals surface area contributed by atoms with Crippen molar-refractivity contribution in [1.82, 2.24) is 0 Å². The van der Waals surface area contributed by atoms with Crippen LogP contribution in [0.15, 0.2) is 48.5 Å². The van der Waals surface area contributed by atoms with Crippen LogP contribution in [0.5, 0.6) is 5.75 Å². The number of ether oxygens (including phenoxy) is 1. The van der Waals surface area contributed by atoms with E-state index in [1.165, 1.54) is 10.6 Å². The minimum atomic E-state index is 0.798. The molecule has 0 bridgehead atoms. The van der Waals surface area contributed by atoms with Gasteiger partial charge < -0.3 is 14.5 Å². The van der Waals surface area contributed by atoms with E-state index in [4.69, 9.17) is 4.74 Å². The molecule has 2 aromatic rings. The topological polar surface area (TPSA) is 40.7 Å². The van der Waals surface area contributed by atoms with Gasteiger partial charge in [-0.05, 0) is 18.2 Å². The second-order valence-corrected chi connectivity index (χ2v) is 5.85. The van der Waals surface area contributed by atoms with Gasteiger partial charge in [0.1, 0.15) is 12.3 Å². The van der Waals surface area contributed by atoms with E-state index in [9.17, 15) is 5.26 Å². The van der Waals surface area contributed by atoms with Gasteiger partial charge in [-0.3, -0.25) is 0 Å². The van der Waals surface area contributed by atoms with Gasteiger partial charge >= 0.3 is 0 Å². The molecule has 23 heavy (non-hydrogen) atoms. The van der Waals surface area contributed by atoms with Crippen LogP contribution in [0.1, 0.15) is 11.1 Å². The third kappa shape index (κ3) is 3.46. The van der Waals surface area contributed by atoms with E-state index < -0.39 is 0 Å². The number of nitrogens with one attached hydrogen (secondary N) is 1. The van der Waals surface area contributed by atoms with E-state index in [0.717, 1.165) is 49.6 Å². The number of methoxy groups -OCH3 is 1. The quantitative estimate of drug-likeness (QED) is 0.930. The van der Waals surface area contributed by atoms with Gasteiger partial charge in [-0.2, -0.15) is 5.26 Å². The van der Waals surface area contributed by atoms with E-state index in [1.54, 1.807) is 7.11 Å². The van der Waals surface area contributed by atoms with Gasteiger partial charge in [-0.1, -0.05) is 30.3 Å². The Morgan fingerprint density at radius 3 is 2.52 bits per heavy atom. The lowest BCUT2D eigenvalue weighted by Gasteiger charge is -2.34. The normalized spacial score (nSPS) is 15.2. The highest BCUT2D eigenvalue weighted by Crippen LogP contribution is 2.27. The molecular formula is C19H22N3O+. The van der Waals surface area contributed by atoms with Crippen LogP contribution in [0, 0.1) is 11.3 Å². The molecule has 1 N–H and O–H groups in total. The Labute approximate surface area is 137 Å². The zero-order chi connectivity index (χ0) is 16.1. The lowest BCUT2D eigenvalue weighted by molar-refractivity contribution is -0.914. The number of benzene rings is 2. The molecule has 1 heterocycles. The third-order valence-electron chi connectivity index (χ3n) is 4.47. The monoisotopic (exact) mass is 308 g/mol. The summed E-state index contributed by atoms with van der Waals surface area (Å²) in [5, 5.41) is 9.21. The smallest absolute Gasteiger partial charge is 0.142 e. The van der Waals surface area contributed by atoms with E-state index in [-0.39, 0.29) is 0 Å². The lowest BCUT2D eigenvalue weighted by atomic mass is 10.1. The summed E-state index contributed by atoms with van der Waals surface area (Å²) in [5.41, 5.74) is 3.12. The predicted octanol–water partition coefficient (Wildman–Crippen LogP) is 1.47. The third-order valence-corrected chi connectivity index (χ3v) is 4.47. The molecule has 1 saturated heterocycles. The number of piperazine rings is 1. The van der Waals surface area contributed by atoms with Gasteiger partial charge in [0.25, 0.3) is 0 Å². The van der Waals surface area contributed by atoms with Crippen LogP contribution >= 0.6 is 0 Å². The fraction of sp³-hybridized carbons (Fsp3) is 0.316. The number of rotatable bonds is 4. The number of quaternary nitrogens is 1. The number of anilines is 1. The number of nitrogens with zero attached hydrogens (tertiary/aromatic N) is 2. The van der Waals surface area contributed by atoms with Crippen molar-refractivity contribution in [2.24, 2.45) is 0 Å². The zero-order valence-corrected chi connectivity index (χ0v) is 13.5. The summed E-state index contributed by atoms with van der Waals surface area (Å²) in [6.45, 7) is 5.06. The van der Waals surface area contributed by atoms with Crippen molar-refractivity contribution < 1.29 is 9.64 Å². The highest BCUT2D eigenvalue weighted by atomic mass is 16.5. The summed E-state index contributed by atoms with van der Waals surface area (Å²) >= 11 is 0. The van der Waals surface area contributed by atoms with Crippen LogP contribution in [0.3, 0.4) is 0 Å². The SMILES string of the molecule is COc1ccccc1N1CC[NH+](Cc2ccccc2C#N)CC1. The van der Waals surface area contributed by atoms with Crippen molar-refractivity contribution in [3.8, 4) is 11.8 Å². The summed E-state index contributed by atoms with van der Waals surface area (Å²) in [6.07, 6.45) is 0.